The van der Waals surface area contributed by atoms with Crippen LogP contribution in [0.3, 0.4) is 0 Å². The largest absolute Gasteiger partial charge is 0.384 e. The van der Waals surface area contributed by atoms with E-state index in [-0.39, 0.29) is 6.04 Å². The maximum Gasteiger partial charge on any atom is 0.123 e. The number of fused-ring (bicyclic) bond motifs is 1. The molecule has 106 valence electrons. The quantitative estimate of drug-likeness (QED) is 0.502. The highest BCUT2D eigenvalue weighted by Crippen LogP contribution is 2.24. The highest BCUT2D eigenvalue weighted by Gasteiger charge is 2.15. The van der Waals surface area contributed by atoms with E-state index in [2.05, 4.69) is 27.5 Å². The zero-order valence-electron chi connectivity index (χ0n) is 11.5. The SMILES string of the molecule is NNC(Cc1ccnc(N)c1)c1nccc2ccccc12. The molecule has 2 heterocycles. The lowest BCUT2D eigenvalue weighted by Crippen LogP contribution is -2.30. The number of benzene rings is 1. The first-order valence-corrected chi connectivity index (χ1v) is 6.78. The van der Waals surface area contributed by atoms with Crippen molar-refractivity contribution < 1.29 is 0 Å². The minimum absolute atomic E-state index is 0.0853. The van der Waals surface area contributed by atoms with E-state index in [1.165, 1.54) is 0 Å². The molecule has 0 bridgehead atoms. The van der Waals surface area contributed by atoms with E-state index in [4.69, 9.17) is 11.6 Å². The molecule has 0 spiro atoms. The van der Waals surface area contributed by atoms with E-state index in [9.17, 15) is 0 Å². The second-order valence-corrected chi connectivity index (χ2v) is 4.93. The van der Waals surface area contributed by atoms with Crippen LogP contribution in [-0.4, -0.2) is 9.97 Å². The van der Waals surface area contributed by atoms with Gasteiger partial charge in [0.1, 0.15) is 5.82 Å². The molecule has 3 rings (SSSR count). The normalized spacial score (nSPS) is 12.4. The Labute approximate surface area is 123 Å². The first kappa shape index (κ1) is 13.5. The fraction of sp³-hybridized carbons (Fsp3) is 0.125. The van der Waals surface area contributed by atoms with Crippen LogP contribution in [0.25, 0.3) is 10.8 Å². The Bertz CT molecular complexity index is 751. The Balaban J connectivity index is 1.98. The van der Waals surface area contributed by atoms with Crippen molar-refractivity contribution in [2.24, 2.45) is 5.84 Å². The Hall–Kier alpha value is -2.50. The molecule has 1 atom stereocenters. The highest BCUT2D eigenvalue weighted by atomic mass is 15.2. The predicted molar refractivity (Wildman–Crippen MR) is 84.2 cm³/mol. The molecule has 0 saturated carbocycles. The summed E-state index contributed by atoms with van der Waals surface area (Å²) in [6, 6.07) is 13.9. The third kappa shape index (κ3) is 2.84. The number of pyridine rings is 2. The number of aromatic nitrogens is 2. The molecule has 3 aromatic rings. The van der Waals surface area contributed by atoms with Gasteiger partial charge in [-0.05, 0) is 35.6 Å². The van der Waals surface area contributed by atoms with E-state index in [1.54, 1.807) is 6.20 Å². The van der Waals surface area contributed by atoms with Gasteiger partial charge in [-0.15, -0.1) is 0 Å². The summed E-state index contributed by atoms with van der Waals surface area (Å²) in [5, 5.41) is 2.25. The number of hydrogen-bond donors (Lipinski definition) is 3. The number of nitrogens with one attached hydrogen (secondary N) is 1. The van der Waals surface area contributed by atoms with Crippen LogP contribution in [0.4, 0.5) is 5.82 Å². The number of hydrogen-bond acceptors (Lipinski definition) is 5. The van der Waals surface area contributed by atoms with Gasteiger partial charge in [0.15, 0.2) is 0 Å². The summed E-state index contributed by atoms with van der Waals surface area (Å²) in [5.74, 6) is 6.25. The van der Waals surface area contributed by atoms with E-state index < -0.39 is 0 Å². The molecule has 5 heteroatoms. The van der Waals surface area contributed by atoms with Crippen molar-refractivity contribution in [3.05, 3.63) is 66.1 Å². The van der Waals surface area contributed by atoms with Gasteiger partial charge in [-0.3, -0.25) is 16.3 Å². The van der Waals surface area contributed by atoms with Gasteiger partial charge < -0.3 is 5.73 Å². The standard InChI is InChI=1S/C16H17N5/c17-15-10-11(5-7-19-15)9-14(21-18)16-13-4-2-1-3-12(13)6-8-20-16/h1-8,10,14,21H,9,18H2,(H2,17,19). The fourth-order valence-corrected chi connectivity index (χ4v) is 2.51. The van der Waals surface area contributed by atoms with Crippen molar-refractivity contribution in [2.45, 2.75) is 12.5 Å². The third-order valence-corrected chi connectivity index (χ3v) is 3.52. The summed E-state index contributed by atoms with van der Waals surface area (Å²) < 4.78 is 0. The minimum Gasteiger partial charge on any atom is -0.384 e. The summed E-state index contributed by atoms with van der Waals surface area (Å²) in [5.41, 5.74) is 10.6. The second kappa shape index (κ2) is 5.87. The predicted octanol–water partition coefficient (Wildman–Crippen LogP) is 1.96. The summed E-state index contributed by atoms with van der Waals surface area (Å²) >= 11 is 0. The summed E-state index contributed by atoms with van der Waals surface area (Å²) in [4.78, 5) is 8.51. The maximum absolute atomic E-state index is 5.74. The average molecular weight is 279 g/mol. The number of nitrogens with two attached hydrogens (primary N) is 2. The summed E-state index contributed by atoms with van der Waals surface area (Å²) in [7, 11) is 0. The number of hydrazine groups is 1. The lowest BCUT2D eigenvalue weighted by Gasteiger charge is -2.17. The molecule has 0 aliphatic rings. The summed E-state index contributed by atoms with van der Waals surface area (Å²) in [6.07, 6.45) is 4.21. The molecule has 5 N–H and O–H groups in total. The number of nitrogen functional groups attached to an aromatic ring is 1. The van der Waals surface area contributed by atoms with Gasteiger partial charge in [-0.25, -0.2) is 4.98 Å². The first-order valence-electron chi connectivity index (χ1n) is 6.78. The van der Waals surface area contributed by atoms with Gasteiger partial charge in [0.2, 0.25) is 0 Å². The van der Waals surface area contributed by atoms with Crippen LogP contribution in [0, 0.1) is 0 Å². The average Bonchev–Trinajstić information content (AvgIpc) is 2.52. The number of nitrogens with zero attached hydrogens (tertiary/aromatic N) is 2. The number of rotatable bonds is 4. The lowest BCUT2D eigenvalue weighted by atomic mass is 9.99. The van der Waals surface area contributed by atoms with Crippen LogP contribution in [0.1, 0.15) is 17.3 Å². The minimum atomic E-state index is -0.0853. The lowest BCUT2D eigenvalue weighted by molar-refractivity contribution is 0.542. The van der Waals surface area contributed by atoms with E-state index in [0.29, 0.717) is 12.2 Å². The molecule has 0 radical (unpaired) electrons. The van der Waals surface area contributed by atoms with Crippen LogP contribution in [0.2, 0.25) is 0 Å². The molecule has 0 aliphatic carbocycles. The fourth-order valence-electron chi connectivity index (χ4n) is 2.51. The zero-order valence-corrected chi connectivity index (χ0v) is 11.5. The monoisotopic (exact) mass is 279 g/mol. The van der Waals surface area contributed by atoms with E-state index >= 15 is 0 Å². The van der Waals surface area contributed by atoms with E-state index in [1.807, 2.05) is 36.5 Å². The molecular formula is C16H17N5. The molecule has 5 nitrogen and oxygen atoms in total. The Morgan fingerprint density at radius 2 is 1.86 bits per heavy atom. The van der Waals surface area contributed by atoms with Crippen LogP contribution < -0.4 is 17.0 Å². The Morgan fingerprint density at radius 1 is 1.05 bits per heavy atom. The molecule has 21 heavy (non-hydrogen) atoms. The molecule has 1 unspecified atom stereocenters. The second-order valence-electron chi connectivity index (χ2n) is 4.93. The Kier molecular flexibility index (Phi) is 3.77. The van der Waals surface area contributed by atoms with Crippen LogP contribution >= 0.6 is 0 Å². The van der Waals surface area contributed by atoms with Crippen molar-refractivity contribution in [3.8, 4) is 0 Å². The molecule has 0 fully saturated rings. The van der Waals surface area contributed by atoms with Gasteiger partial charge in [0.25, 0.3) is 0 Å². The van der Waals surface area contributed by atoms with E-state index in [0.717, 1.165) is 22.0 Å². The van der Waals surface area contributed by atoms with Gasteiger partial charge in [0, 0.05) is 17.8 Å². The number of anilines is 1. The molecule has 1 aromatic carbocycles. The maximum atomic E-state index is 5.74. The van der Waals surface area contributed by atoms with Gasteiger partial charge in [0.05, 0.1) is 11.7 Å². The molecule has 0 aliphatic heterocycles. The highest BCUT2D eigenvalue weighted by molar-refractivity contribution is 5.84. The molecule has 0 saturated heterocycles. The van der Waals surface area contributed by atoms with Crippen LogP contribution in [0.15, 0.2) is 54.9 Å². The van der Waals surface area contributed by atoms with Crippen molar-refractivity contribution in [1.29, 1.82) is 0 Å². The molecule has 0 amide bonds. The van der Waals surface area contributed by atoms with Crippen LogP contribution in [-0.2, 0) is 6.42 Å². The smallest absolute Gasteiger partial charge is 0.123 e. The van der Waals surface area contributed by atoms with Crippen molar-refractivity contribution in [2.75, 3.05) is 5.73 Å². The third-order valence-electron chi connectivity index (χ3n) is 3.52. The summed E-state index contributed by atoms with van der Waals surface area (Å²) in [6.45, 7) is 0. The van der Waals surface area contributed by atoms with Crippen LogP contribution in [0.5, 0.6) is 0 Å². The van der Waals surface area contributed by atoms with Gasteiger partial charge >= 0.3 is 0 Å². The van der Waals surface area contributed by atoms with Crippen molar-refractivity contribution in [1.82, 2.24) is 15.4 Å². The van der Waals surface area contributed by atoms with Crippen molar-refractivity contribution in [3.63, 3.8) is 0 Å². The Morgan fingerprint density at radius 3 is 2.67 bits per heavy atom. The van der Waals surface area contributed by atoms with Gasteiger partial charge in [-0.1, -0.05) is 24.3 Å². The van der Waals surface area contributed by atoms with Crippen molar-refractivity contribution >= 4 is 16.6 Å². The molecule has 2 aromatic heterocycles. The molecular weight excluding hydrogens is 262 g/mol. The first-order chi connectivity index (χ1) is 10.3. The zero-order chi connectivity index (χ0) is 14.7. The topological polar surface area (TPSA) is 89.8 Å². The van der Waals surface area contributed by atoms with Gasteiger partial charge in [-0.2, -0.15) is 0 Å².